The lowest BCUT2D eigenvalue weighted by atomic mass is 10.1. The molecule has 0 amide bonds. The van der Waals surface area contributed by atoms with Crippen LogP contribution in [0.5, 0.6) is 11.6 Å². The summed E-state index contributed by atoms with van der Waals surface area (Å²) in [6.07, 6.45) is 1.98. The summed E-state index contributed by atoms with van der Waals surface area (Å²) in [5, 5.41) is 5.99. The zero-order valence-electron chi connectivity index (χ0n) is 20.2. The van der Waals surface area contributed by atoms with Crippen molar-refractivity contribution in [2.24, 2.45) is 0 Å². The summed E-state index contributed by atoms with van der Waals surface area (Å²) in [5.41, 5.74) is -2.77. The number of nitrogens with zero attached hydrogens (tertiary/aromatic N) is 3. The number of rotatable bonds is 9. The van der Waals surface area contributed by atoms with E-state index >= 15 is 0 Å². The Labute approximate surface area is 220 Å². The molecule has 0 unspecified atom stereocenters. The summed E-state index contributed by atoms with van der Waals surface area (Å²) in [6, 6.07) is 4.74. The SMILES string of the molecule is O=S(=O)(CC1(F)CC1)Nc1c(F)cc(Oc2ncccc2-c2ccnc(N[C@@H]3CNC[C@@H](F)C3)n2)c(F)c1F. The van der Waals surface area contributed by atoms with Crippen LogP contribution in [0.3, 0.4) is 0 Å². The largest absolute Gasteiger partial charge is 0.435 e. The highest BCUT2D eigenvalue weighted by Gasteiger charge is 2.47. The van der Waals surface area contributed by atoms with Crippen molar-refractivity contribution in [3.63, 3.8) is 0 Å². The van der Waals surface area contributed by atoms with Crippen LogP contribution in [0.1, 0.15) is 19.3 Å². The van der Waals surface area contributed by atoms with Gasteiger partial charge in [-0.1, -0.05) is 0 Å². The van der Waals surface area contributed by atoms with E-state index in [1.165, 1.54) is 30.6 Å². The molecule has 1 aromatic carbocycles. The molecular weight excluding hydrogens is 547 g/mol. The zero-order valence-corrected chi connectivity index (χ0v) is 21.0. The van der Waals surface area contributed by atoms with E-state index in [2.05, 4.69) is 25.6 Å². The summed E-state index contributed by atoms with van der Waals surface area (Å²) < 4.78 is 103. The highest BCUT2D eigenvalue weighted by molar-refractivity contribution is 7.92. The van der Waals surface area contributed by atoms with E-state index in [1.54, 1.807) is 4.72 Å². The lowest BCUT2D eigenvalue weighted by Gasteiger charge is -2.26. The Morgan fingerprint density at radius 1 is 1.10 bits per heavy atom. The van der Waals surface area contributed by atoms with Crippen molar-refractivity contribution in [2.45, 2.75) is 37.1 Å². The minimum absolute atomic E-state index is 0.00614. The maximum Gasteiger partial charge on any atom is 0.236 e. The Morgan fingerprint density at radius 3 is 2.64 bits per heavy atom. The molecule has 3 heterocycles. The number of anilines is 2. The number of hydrogen-bond donors (Lipinski definition) is 3. The molecule has 0 spiro atoms. The Hall–Kier alpha value is -3.59. The van der Waals surface area contributed by atoms with E-state index in [4.69, 9.17) is 4.74 Å². The first-order valence-corrected chi connectivity index (χ1v) is 13.6. The zero-order chi connectivity index (χ0) is 27.8. The average molecular weight is 571 g/mol. The van der Waals surface area contributed by atoms with Gasteiger partial charge in [0.15, 0.2) is 17.4 Å². The number of alkyl halides is 2. The molecule has 3 N–H and O–H groups in total. The molecule has 2 aromatic heterocycles. The van der Waals surface area contributed by atoms with Gasteiger partial charge in [-0.3, -0.25) is 4.72 Å². The fourth-order valence-electron chi connectivity index (χ4n) is 4.08. The fourth-order valence-corrected chi connectivity index (χ4v) is 5.62. The van der Waals surface area contributed by atoms with Gasteiger partial charge in [-0.05, 0) is 31.0 Å². The standard InChI is InChI=1S/C24H23F5N6O3S/c25-13-8-14(11-30-10-13)33-23-32-7-3-17(34-23)15-2-1-6-31-22(15)38-18-9-16(26)21(20(28)19(18)27)35-39(36,37)12-24(29)4-5-24/h1-3,6-7,9,13-14,30,35H,4-5,8,10-12H2,(H,32,33,34)/t13-,14-/m0/s1. The van der Waals surface area contributed by atoms with Gasteiger partial charge < -0.3 is 15.4 Å². The van der Waals surface area contributed by atoms with Gasteiger partial charge in [0.2, 0.25) is 27.7 Å². The number of aromatic nitrogens is 3. The molecular formula is C24H23F5N6O3S. The monoisotopic (exact) mass is 570 g/mol. The molecule has 2 fully saturated rings. The number of nitrogens with one attached hydrogen (secondary N) is 3. The van der Waals surface area contributed by atoms with Crippen molar-refractivity contribution in [1.82, 2.24) is 20.3 Å². The Balaban J connectivity index is 1.38. The van der Waals surface area contributed by atoms with Gasteiger partial charge in [-0.2, -0.15) is 4.39 Å². The Kier molecular flexibility index (Phi) is 7.29. The minimum atomic E-state index is -4.49. The topological polar surface area (TPSA) is 118 Å². The highest BCUT2D eigenvalue weighted by atomic mass is 32.2. The fraction of sp³-hybridized carbons (Fsp3) is 0.375. The molecule has 208 valence electrons. The van der Waals surface area contributed by atoms with Crippen LogP contribution in [0.25, 0.3) is 11.3 Å². The molecule has 5 rings (SSSR count). The molecule has 1 saturated heterocycles. The van der Waals surface area contributed by atoms with E-state index in [1.807, 2.05) is 0 Å². The van der Waals surface area contributed by atoms with Gasteiger partial charge in [0.1, 0.15) is 23.3 Å². The van der Waals surface area contributed by atoms with Crippen molar-refractivity contribution < 1.29 is 35.1 Å². The van der Waals surface area contributed by atoms with E-state index in [0.717, 1.165) is 0 Å². The molecule has 15 heteroatoms. The molecule has 2 aliphatic rings. The van der Waals surface area contributed by atoms with Crippen molar-refractivity contribution in [3.8, 4) is 22.9 Å². The summed E-state index contributed by atoms with van der Waals surface area (Å²) in [6.45, 7) is 0.769. The maximum absolute atomic E-state index is 14.9. The van der Waals surface area contributed by atoms with Crippen molar-refractivity contribution in [2.75, 3.05) is 28.9 Å². The number of pyridine rings is 1. The van der Waals surface area contributed by atoms with Crippen LogP contribution in [0.15, 0.2) is 36.7 Å². The van der Waals surface area contributed by atoms with E-state index in [9.17, 15) is 30.4 Å². The van der Waals surface area contributed by atoms with E-state index in [0.29, 0.717) is 12.6 Å². The third-order valence-corrected chi connectivity index (χ3v) is 7.58. The number of benzene rings is 1. The quantitative estimate of drug-likeness (QED) is 0.260. The number of sulfonamides is 1. The van der Waals surface area contributed by atoms with Gasteiger partial charge in [0.25, 0.3) is 0 Å². The molecule has 0 bridgehead atoms. The lowest BCUT2D eigenvalue weighted by molar-refractivity contribution is 0.254. The number of ether oxygens (including phenoxy) is 1. The first-order chi connectivity index (χ1) is 18.5. The summed E-state index contributed by atoms with van der Waals surface area (Å²) in [5.74, 6) is -7.02. The molecule has 9 nitrogen and oxygen atoms in total. The first-order valence-electron chi connectivity index (χ1n) is 12.0. The summed E-state index contributed by atoms with van der Waals surface area (Å²) in [4.78, 5) is 12.5. The third kappa shape index (κ3) is 6.36. The average Bonchev–Trinajstić information content (AvgIpc) is 3.61. The second-order valence-electron chi connectivity index (χ2n) is 9.43. The predicted octanol–water partition coefficient (Wildman–Crippen LogP) is 4.10. The van der Waals surface area contributed by atoms with Crippen molar-refractivity contribution >= 4 is 21.7 Å². The van der Waals surface area contributed by atoms with Crippen LogP contribution >= 0.6 is 0 Å². The van der Waals surface area contributed by atoms with Crippen molar-refractivity contribution in [3.05, 3.63) is 54.1 Å². The van der Waals surface area contributed by atoms with Gasteiger partial charge in [-0.25, -0.2) is 40.9 Å². The minimum Gasteiger partial charge on any atom is -0.435 e. The van der Waals surface area contributed by atoms with Gasteiger partial charge in [-0.15, -0.1) is 0 Å². The molecule has 2 atom stereocenters. The van der Waals surface area contributed by atoms with Gasteiger partial charge in [0.05, 0.1) is 11.3 Å². The van der Waals surface area contributed by atoms with Crippen LogP contribution in [-0.4, -0.2) is 60.1 Å². The predicted molar refractivity (Wildman–Crippen MR) is 132 cm³/mol. The molecule has 1 aliphatic heterocycles. The second kappa shape index (κ2) is 10.5. The Bertz CT molecular complexity index is 1490. The highest BCUT2D eigenvalue weighted by Crippen LogP contribution is 2.41. The molecule has 3 aromatic rings. The van der Waals surface area contributed by atoms with Gasteiger partial charge in [0, 0.05) is 44.0 Å². The molecule has 1 saturated carbocycles. The van der Waals surface area contributed by atoms with Crippen molar-refractivity contribution in [1.29, 1.82) is 0 Å². The van der Waals surface area contributed by atoms with Crippen LogP contribution < -0.4 is 20.1 Å². The van der Waals surface area contributed by atoms with E-state index < -0.39 is 56.5 Å². The van der Waals surface area contributed by atoms with Crippen LogP contribution in [-0.2, 0) is 10.0 Å². The molecule has 39 heavy (non-hydrogen) atoms. The molecule has 0 radical (unpaired) electrons. The number of halogens is 5. The second-order valence-corrected chi connectivity index (χ2v) is 11.1. The normalized spacial score (nSPS) is 20.3. The number of hydrogen-bond acceptors (Lipinski definition) is 8. The van der Waals surface area contributed by atoms with Gasteiger partial charge >= 0.3 is 0 Å². The summed E-state index contributed by atoms with van der Waals surface area (Å²) >= 11 is 0. The first kappa shape index (κ1) is 27.0. The molecule has 1 aliphatic carbocycles. The van der Waals surface area contributed by atoms with E-state index in [-0.39, 0.29) is 54.9 Å². The summed E-state index contributed by atoms with van der Waals surface area (Å²) in [7, 11) is -4.49. The van der Waals surface area contributed by atoms with Crippen LogP contribution in [0, 0.1) is 17.5 Å². The van der Waals surface area contributed by atoms with Crippen LogP contribution in [0.4, 0.5) is 33.6 Å². The smallest absolute Gasteiger partial charge is 0.236 e. The number of piperidine rings is 1. The lowest BCUT2D eigenvalue weighted by Crippen LogP contribution is -2.44. The van der Waals surface area contributed by atoms with Crippen LogP contribution in [0.2, 0.25) is 0 Å². The third-order valence-electron chi connectivity index (χ3n) is 6.16. The Morgan fingerprint density at radius 2 is 1.90 bits per heavy atom. The maximum atomic E-state index is 14.9.